The Kier molecular flexibility index (Phi) is 3.11. The van der Waals surface area contributed by atoms with E-state index in [2.05, 4.69) is 34.0 Å². The smallest absolute Gasteiger partial charge is 0.0519 e. The lowest BCUT2D eigenvalue weighted by molar-refractivity contribution is 1.52. The van der Waals surface area contributed by atoms with E-state index in [1.54, 1.807) is 0 Å². The van der Waals surface area contributed by atoms with Crippen LogP contribution in [0.5, 0.6) is 0 Å². The Labute approximate surface area is 103 Å². The molecule has 0 heterocycles. The van der Waals surface area contributed by atoms with Gasteiger partial charge in [0.15, 0.2) is 0 Å². The predicted molar refractivity (Wildman–Crippen MR) is 73.3 cm³/mol. The van der Waals surface area contributed by atoms with Crippen molar-refractivity contribution in [2.75, 3.05) is 11.1 Å². The van der Waals surface area contributed by atoms with Crippen LogP contribution < -0.4 is 11.1 Å². The molecule has 2 nitrogen and oxygen atoms in total. The summed E-state index contributed by atoms with van der Waals surface area (Å²) < 4.78 is 1.19. The molecular weight excluding hydrogens is 299 g/mol. The molecule has 0 radical (unpaired) electrons. The van der Waals surface area contributed by atoms with Crippen LogP contribution in [0.2, 0.25) is 0 Å². The van der Waals surface area contributed by atoms with Crippen LogP contribution in [0.3, 0.4) is 0 Å². The monoisotopic (exact) mass is 310 g/mol. The summed E-state index contributed by atoms with van der Waals surface area (Å²) in [5.41, 5.74) is 8.59. The highest BCUT2D eigenvalue weighted by Crippen LogP contribution is 2.22. The predicted octanol–water partition coefficient (Wildman–Crippen LogP) is 3.62. The molecule has 0 aliphatic heterocycles. The Morgan fingerprint density at radius 2 is 1.80 bits per heavy atom. The van der Waals surface area contributed by atoms with Crippen LogP contribution in [0.25, 0.3) is 0 Å². The van der Waals surface area contributed by atoms with E-state index in [4.69, 9.17) is 5.73 Å². The Balaban J connectivity index is 2.26. The van der Waals surface area contributed by atoms with Crippen LogP contribution in [-0.4, -0.2) is 0 Å². The minimum absolute atomic E-state index is 0.769. The molecule has 0 aliphatic rings. The fourth-order valence-corrected chi connectivity index (χ4v) is 1.86. The zero-order valence-corrected chi connectivity index (χ0v) is 10.2. The first kappa shape index (κ1) is 10.3. The Bertz CT molecular complexity index is 469. The van der Waals surface area contributed by atoms with Crippen molar-refractivity contribution in [2.45, 2.75) is 0 Å². The molecule has 3 heteroatoms. The number of rotatable bonds is 2. The lowest BCUT2D eigenvalue weighted by Gasteiger charge is -2.08. The maximum atomic E-state index is 5.71. The number of nitrogen functional groups attached to an aromatic ring is 1. The fraction of sp³-hybridized carbons (Fsp3) is 0. The topological polar surface area (TPSA) is 38.0 Å². The third kappa shape index (κ3) is 2.62. The zero-order chi connectivity index (χ0) is 10.7. The third-order valence-electron chi connectivity index (χ3n) is 2.04. The first-order valence-electron chi connectivity index (χ1n) is 4.63. The van der Waals surface area contributed by atoms with E-state index in [0.29, 0.717) is 0 Å². The van der Waals surface area contributed by atoms with Crippen LogP contribution in [0.15, 0.2) is 48.5 Å². The van der Waals surface area contributed by atoms with Gasteiger partial charge in [-0.1, -0.05) is 18.2 Å². The minimum Gasteiger partial charge on any atom is -0.399 e. The zero-order valence-electron chi connectivity index (χ0n) is 8.07. The molecule has 0 fully saturated rings. The second kappa shape index (κ2) is 4.53. The van der Waals surface area contributed by atoms with Crippen LogP contribution >= 0.6 is 22.6 Å². The first-order chi connectivity index (χ1) is 7.25. The van der Waals surface area contributed by atoms with E-state index in [-0.39, 0.29) is 0 Å². The molecule has 2 aromatic rings. The molecule has 0 spiro atoms. The van der Waals surface area contributed by atoms with Crippen molar-refractivity contribution in [3.05, 3.63) is 52.1 Å². The van der Waals surface area contributed by atoms with Crippen molar-refractivity contribution >= 4 is 39.7 Å². The SMILES string of the molecule is Nc1cccc(Nc2ccccc2I)c1. The number of anilines is 3. The van der Waals surface area contributed by atoms with Crippen molar-refractivity contribution in [1.82, 2.24) is 0 Å². The Morgan fingerprint density at radius 1 is 1.00 bits per heavy atom. The van der Waals surface area contributed by atoms with E-state index in [0.717, 1.165) is 17.1 Å². The summed E-state index contributed by atoms with van der Waals surface area (Å²) in [7, 11) is 0. The third-order valence-corrected chi connectivity index (χ3v) is 2.98. The lowest BCUT2D eigenvalue weighted by Crippen LogP contribution is -1.93. The molecule has 2 rings (SSSR count). The maximum absolute atomic E-state index is 5.71. The summed E-state index contributed by atoms with van der Waals surface area (Å²) in [6, 6.07) is 15.9. The average molecular weight is 310 g/mol. The van der Waals surface area contributed by atoms with Crippen molar-refractivity contribution in [2.24, 2.45) is 0 Å². The highest BCUT2D eigenvalue weighted by molar-refractivity contribution is 14.1. The number of hydrogen-bond donors (Lipinski definition) is 2. The van der Waals surface area contributed by atoms with Gasteiger partial charge in [-0.15, -0.1) is 0 Å². The van der Waals surface area contributed by atoms with Gasteiger partial charge in [-0.05, 0) is 52.9 Å². The van der Waals surface area contributed by atoms with Gasteiger partial charge in [-0.3, -0.25) is 0 Å². The van der Waals surface area contributed by atoms with Crippen LogP contribution in [0, 0.1) is 3.57 Å². The molecule has 3 N–H and O–H groups in total. The molecule has 0 aliphatic carbocycles. The number of nitrogens with two attached hydrogens (primary N) is 1. The largest absolute Gasteiger partial charge is 0.399 e. The standard InChI is InChI=1S/C12H11IN2/c13-11-6-1-2-7-12(11)15-10-5-3-4-9(14)8-10/h1-8,15H,14H2. The number of halogens is 1. The van der Waals surface area contributed by atoms with Gasteiger partial charge in [-0.2, -0.15) is 0 Å². The number of para-hydroxylation sites is 1. The molecule has 76 valence electrons. The van der Waals surface area contributed by atoms with E-state index < -0.39 is 0 Å². The van der Waals surface area contributed by atoms with Crippen molar-refractivity contribution in [3.8, 4) is 0 Å². The molecule has 0 saturated heterocycles. The van der Waals surface area contributed by atoms with E-state index in [9.17, 15) is 0 Å². The lowest BCUT2D eigenvalue weighted by atomic mass is 10.2. The highest BCUT2D eigenvalue weighted by atomic mass is 127. The van der Waals surface area contributed by atoms with Gasteiger partial charge in [-0.25, -0.2) is 0 Å². The van der Waals surface area contributed by atoms with Crippen molar-refractivity contribution in [3.63, 3.8) is 0 Å². The second-order valence-corrected chi connectivity index (χ2v) is 4.39. The number of hydrogen-bond acceptors (Lipinski definition) is 2. The van der Waals surface area contributed by atoms with Crippen molar-refractivity contribution < 1.29 is 0 Å². The summed E-state index contributed by atoms with van der Waals surface area (Å²) in [4.78, 5) is 0. The van der Waals surface area contributed by atoms with Gasteiger partial charge in [0.2, 0.25) is 0 Å². The molecule has 2 aromatic carbocycles. The quantitative estimate of drug-likeness (QED) is 0.657. The molecule has 15 heavy (non-hydrogen) atoms. The minimum atomic E-state index is 0.769. The summed E-state index contributed by atoms with van der Waals surface area (Å²) >= 11 is 2.30. The van der Waals surface area contributed by atoms with Gasteiger partial charge in [0.05, 0.1) is 5.69 Å². The summed E-state index contributed by atoms with van der Waals surface area (Å²) in [6.45, 7) is 0. The van der Waals surface area contributed by atoms with E-state index >= 15 is 0 Å². The molecular formula is C12H11IN2. The first-order valence-corrected chi connectivity index (χ1v) is 5.71. The highest BCUT2D eigenvalue weighted by Gasteiger charge is 1.98. The van der Waals surface area contributed by atoms with E-state index in [1.165, 1.54) is 3.57 Å². The van der Waals surface area contributed by atoms with Gasteiger partial charge in [0.25, 0.3) is 0 Å². The number of benzene rings is 2. The van der Waals surface area contributed by atoms with Crippen molar-refractivity contribution in [1.29, 1.82) is 0 Å². The Hall–Kier alpha value is -1.23. The van der Waals surface area contributed by atoms with Crippen LogP contribution in [-0.2, 0) is 0 Å². The molecule has 0 amide bonds. The molecule has 0 saturated carbocycles. The van der Waals surface area contributed by atoms with Gasteiger partial charge in [0.1, 0.15) is 0 Å². The average Bonchev–Trinajstić information content (AvgIpc) is 2.22. The van der Waals surface area contributed by atoms with Crippen LogP contribution in [0.4, 0.5) is 17.1 Å². The number of nitrogens with one attached hydrogen (secondary N) is 1. The molecule has 0 aromatic heterocycles. The molecule has 0 atom stereocenters. The summed E-state index contributed by atoms with van der Waals surface area (Å²) in [5, 5.41) is 3.33. The van der Waals surface area contributed by atoms with Gasteiger partial charge < -0.3 is 11.1 Å². The second-order valence-electron chi connectivity index (χ2n) is 3.23. The Morgan fingerprint density at radius 3 is 2.53 bits per heavy atom. The van der Waals surface area contributed by atoms with Crippen LogP contribution in [0.1, 0.15) is 0 Å². The fourth-order valence-electron chi connectivity index (χ4n) is 1.33. The molecule has 0 bridgehead atoms. The normalized spacial score (nSPS) is 9.93. The van der Waals surface area contributed by atoms with Gasteiger partial charge >= 0.3 is 0 Å². The summed E-state index contributed by atoms with van der Waals surface area (Å²) in [6.07, 6.45) is 0. The maximum Gasteiger partial charge on any atom is 0.0519 e. The van der Waals surface area contributed by atoms with E-state index in [1.807, 2.05) is 42.5 Å². The summed E-state index contributed by atoms with van der Waals surface area (Å²) in [5.74, 6) is 0. The van der Waals surface area contributed by atoms with Gasteiger partial charge in [0, 0.05) is 14.9 Å². The molecule has 0 unspecified atom stereocenters.